The number of nitrogens with zero attached hydrogens (tertiary/aromatic N) is 1. The fraction of sp³-hybridized carbons (Fsp3) is 0.400. The topological polar surface area (TPSA) is 93.6 Å². The first-order valence-corrected chi connectivity index (χ1v) is 12.9. The van der Waals surface area contributed by atoms with Gasteiger partial charge in [0, 0.05) is 21.6 Å². The molecule has 8 heteroatoms. The highest BCUT2D eigenvalue weighted by atomic mass is 32.1. The molecule has 172 valence electrons. The lowest BCUT2D eigenvalue weighted by molar-refractivity contribution is -0.140. The monoisotopic (exact) mass is 482 g/mol. The van der Waals surface area contributed by atoms with Gasteiger partial charge in [-0.25, -0.2) is 0 Å². The molecular formula is C25H26N2O4S2. The zero-order chi connectivity index (χ0) is 23.4. The van der Waals surface area contributed by atoms with Gasteiger partial charge in [0.25, 0.3) is 0 Å². The number of likely N-dealkylation sites (tertiary alicyclic amines) is 1. The van der Waals surface area contributed by atoms with Crippen molar-refractivity contribution in [3.63, 3.8) is 0 Å². The van der Waals surface area contributed by atoms with E-state index in [2.05, 4.69) is 0 Å². The van der Waals surface area contributed by atoms with Crippen molar-refractivity contribution in [1.82, 2.24) is 4.90 Å². The van der Waals surface area contributed by atoms with Crippen molar-refractivity contribution < 1.29 is 18.8 Å². The van der Waals surface area contributed by atoms with Gasteiger partial charge in [-0.2, -0.15) is 0 Å². The van der Waals surface area contributed by atoms with Crippen LogP contribution in [-0.2, 0) is 9.59 Å². The number of nitrogens with two attached hydrogens (primary N) is 1. The first-order chi connectivity index (χ1) is 15.8. The van der Waals surface area contributed by atoms with Crippen LogP contribution < -0.4 is 5.73 Å². The molecule has 2 N–H and O–H groups in total. The summed E-state index contributed by atoms with van der Waals surface area (Å²) in [7, 11) is 0. The third-order valence-corrected chi connectivity index (χ3v) is 9.01. The van der Waals surface area contributed by atoms with Crippen molar-refractivity contribution in [1.29, 1.82) is 0 Å². The van der Waals surface area contributed by atoms with Crippen molar-refractivity contribution in [2.75, 3.05) is 0 Å². The minimum absolute atomic E-state index is 0.0817. The molecule has 3 aromatic rings. The molecule has 3 aromatic heterocycles. The molecule has 0 radical (unpaired) electrons. The Morgan fingerprint density at radius 2 is 1.61 bits per heavy atom. The number of hydrogen-bond donors (Lipinski definition) is 1. The Labute approximate surface area is 200 Å². The third-order valence-electron chi connectivity index (χ3n) is 6.80. The van der Waals surface area contributed by atoms with Crippen LogP contribution in [0, 0.1) is 32.6 Å². The van der Waals surface area contributed by atoms with Gasteiger partial charge in [0.2, 0.25) is 17.6 Å². The molecule has 2 fully saturated rings. The lowest BCUT2D eigenvalue weighted by atomic mass is 9.80. The van der Waals surface area contributed by atoms with E-state index in [1.54, 1.807) is 24.0 Å². The van der Waals surface area contributed by atoms with Crippen LogP contribution in [-0.4, -0.2) is 28.5 Å². The van der Waals surface area contributed by atoms with E-state index in [-0.39, 0.29) is 23.4 Å². The van der Waals surface area contributed by atoms with Crippen molar-refractivity contribution in [2.24, 2.45) is 17.6 Å². The molecule has 6 nitrogen and oxygen atoms in total. The summed E-state index contributed by atoms with van der Waals surface area (Å²) in [6.45, 7) is 5.74. The molecule has 1 saturated carbocycles. The molecule has 4 atom stereocenters. The van der Waals surface area contributed by atoms with Gasteiger partial charge in [-0.05, 0) is 79.8 Å². The first kappa shape index (κ1) is 22.1. The summed E-state index contributed by atoms with van der Waals surface area (Å²) in [4.78, 5) is 44.2. The summed E-state index contributed by atoms with van der Waals surface area (Å²) < 4.78 is 5.74. The van der Waals surface area contributed by atoms with Crippen LogP contribution in [0.1, 0.15) is 62.0 Å². The van der Waals surface area contributed by atoms with Gasteiger partial charge in [-0.3, -0.25) is 14.4 Å². The molecular weight excluding hydrogens is 456 g/mol. The summed E-state index contributed by atoms with van der Waals surface area (Å²) in [6.07, 6.45) is 1.60. The van der Waals surface area contributed by atoms with E-state index in [1.807, 2.05) is 36.7 Å². The summed E-state index contributed by atoms with van der Waals surface area (Å²) in [6, 6.07) is 5.94. The van der Waals surface area contributed by atoms with Gasteiger partial charge in [0.1, 0.15) is 11.8 Å². The van der Waals surface area contributed by atoms with E-state index in [4.69, 9.17) is 10.2 Å². The second kappa shape index (κ2) is 8.25. The van der Waals surface area contributed by atoms with Gasteiger partial charge in [-0.15, -0.1) is 22.7 Å². The molecule has 2 aliphatic rings. The van der Waals surface area contributed by atoms with E-state index < -0.39 is 29.8 Å². The highest BCUT2D eigenvalue weighted by Gasteiger charge is 2.59. The number of thiophene rings is 2. The SMILES string of the molecule is Cc1ccc(C(=O)C2C(c3sccc3C)C(C(N)=O)N(C(=O)C3CC3)C2c2sccc2C)o1. The summed E-state index contributed by atoms with van der Waals surface area (Å²) >= 11 is 3.02. The molecule has 4 unspecified atom stereocenters. The van der Waals surface area contributed by atoms with E-state index in [0.29, 0.717) is 5.76 Å². The van der Waals surface area contributed by atoms with E-state index in [0.717, 1.165) is 33.7 Å². The lowest BCUT2D eigenvalue weighted by Gasteiger charge is -2.30. The van der Waals surface area contributed by atoms with Crippen LogP contribution in [0.15, 0.2) is 39.4 Å². The number of carbonyl (C=O) groups excluding carboxylic acids is 3. The Morgan fingerprint density at radius 3 is 2.09 bits per heavy atom. The minimum atomic E-state index is -0.896. The number of rotatable bonds is 6. The molecule has 0 spiro atoms. The average molecular weight is 483 g/mol. The minimum Gasteiger partial charge on any atom is -0.458 e. The number of Topliss-reactive ketones (excluding diaryl/α,β-unsaturated/α-hetero) is 1. The van der Waals surface area contributed by atoms with Crippen molar-refractivity contribution in [3.05, 3.63) is 67.4 Å². The standard InChI is InChI=1S/C25H26N2O4S2/c1-12-8-10-32-22(12)18-17(21(28)16-7-4-14(3)31-16)19(23-13(2)9-11-33-23)27(20(18)24(26)29)25(30)15-5-6-15/h4,7-11,15,17-20H,5-6H2,1-3H3,(H2,26,29). The van der Waals surface area contributed by atoms with Crippen LogP contribution in [0.5, 0.6) is 0 Å². The largest absolute Gasteiger partial charge is 0.458 e. The fourth-order valence-electron chi connectivity index (χ4n) is 5.09. The molecule has 1 aliphatic heterocycles. The number of aryl methyl sites for hydroxylation is 3. The Morgan fingerprint density at radius 1 is 0.970 bits per heavy atom. The fourth-order valence-corrected chi connectivity index (χ4v) is 7.27. The second-order valence-corrected chi connectivity index (χ2v) is 11.0. The summed E-state index contributed by atoms with van der Waals surface area (Å²) in [5, 5.41) is 3.92. The molecule has 0 aromatic carbocycles. The number of ketones is 1. The number of carbonyl (C=O) groups is 3. The quantitative estimate of drug-likeness (QED) is 0.513. The zero-order valence-electron chi connectivity index (χ0n) is 18.7. The molecule has 0 bridgehead atoms. The smallest absolute Gasteiger partial charge is 0.240 e. The number of primary amides is 1. The van der Waals surface area contributed by atoms with E-state index in [9.17, 15) is 14.4 Å². The van der Waals surface area contributed by atoms with Gasteiger partial charge in [0.15, 0.2) is 5.76 Å². The maximum atomic E-state index is 14.0. The Hall–Kier alpha value is -2.71. The molecule has 5 rings (SSSR count). The predicted octanol–water partition coefficient (Wildman–Crippen LogP) is 4.76. The Bertz CT molecular complexity index is 1230. The maximum absolute atomic E-state index is 14.0. The summed E-state index contributed by atoms with van der Waals surface area (Å²) in [5.74, 6) is -1.29. The van der Waals surface area contributed by atoms with Crippen LogP contribution >= 0.6 is 22.7 Å². The zero-order valence-corrected chi connectivity index (χ0v) is 20.4. The molecule has 33 heavy (non-hydrogen) atoms. The molecule has 4 heterocycles. The van der Waals surface area contributed by atoms with Gasteiger partial charge >= 0.3 is 0 Å². The van der Waals surface area contributed by atoms with Crippen LogP contribution in [0.25, 0.3) is 0 Å². The maximum Gasteiger partial charge on any atom is 0.240 e. The van der Waals surface area contributed by atoms with Crippen LogP contribution in [0.3, 0.4) is 0 Å². The first-order valence-electron chi connectivity index (χ1n) is 11.1. The number of furan rings is 1. The predicted molar refractivity (Wildman–Crippen MR) is 127 cm³/mol. The van der Waals surface area contributed by atoms with E-state index in [1.165, 1.54) is 22.7 Å². The highest BCUT2D eigenvalue weighted by Crippen LogP contribution is 2.55. The summed E-state index contributed by atoms with van der Waals surface area (Å²) in [5.41, 5.74) is 7.98. The Kier molecular flexibility index (Phi) is 5.53. The number of hydrogen-bond acceptors (Lipinski definition) is 6. The molecule has 1 saturated heterocycles. The van der Waals surface area contributed by atoms with Gasteiger partial charge in [0.05, 0.1) is 12.0 Å². The van der Waals surface area contributed by atoms with Gasteiger partial charge in [-0.1, -0.05) is 0 Å². The van der Waals surface area contributed by atoms with Crippen molar-refractivity contribution >= 4 is 40.3 Å². The van der Waals surface area contributed by atoms with E-state index >= 15 is 0 Å². The van der Waals surface area contributed by atoms with Crippen LogP contribution in [0.2, 0.25) is 0 Å². The third kappa shape index (κ3) is 3.65. The number of amides is 2. The van der Waals surface area contributed by atoms with Crippen molar-refractivity contribution in [3.8, 4) is 0 Å². The average Bonchev–Trinajstić information content (AvgIpc) is 3.06. The van der Waals surface area contributed by atoms with Crippen molar-refractivity contribution in [2.45, 2.75) is 51.6 Å². The second-order valence-electron chi connectivity index (χ2n) is 9.07. The highest BCUT2D eigenvalue weighted by molar-refractivity contribution is 7.10. The normalized spacial score (nSPS) is 24.9. The van der Waals surface area contributed by atoms with Gasteiger partial charge < -0.3 is 15.1 Å². The molecule has 2 amide bonds. The molecule has 1 aliphatic carbocycles. The Balaban J connectivity index is 1.75. The van der Waals surface area contributed by atoms with Crippen LogP contribution in [0.4, 0.5) is 0 Å². The lowest BCUT2D eigenvalue weighted by Crippen LogP contribution is -2.47.